The molecule has 1 heterocycles. The largest absolute Gasteiger partial charge is 0.264 e. The molecule has 2 nitrogen and oxygen atoms in total. The molecule has 0 saturated carbocycles. The molecule has 0 aliphatic heterocycles. The average Bonchev–Trinajstić information content (AvgIpc) is 2.30. The molecule has 0 spiro atoms. The van der Waals surface area contributed by atoms with Crippen molar-refractivity contribution >= 4 is 0 Å². The number of alkyl halides is 2. The molecule has 2 rings (SSSR count). The van der Waals surface area contributed by atoms with E-state index in [2.05, 4.69) is 10.2 Å². The molecule has 0 aliphatic rings. The van der Waals surface area contributed by atoms with Crippen LogP contribution in [0.4, 0.5) is 8.78 Å². The molecule has 0 radical (unpaired) electrons. The highest BCUT2D eigenvalue weighted by atomic mass is 19.3. The molecule has 1 aromatic heterocycles. The highest BCUT2D eigenvalue weighted by molar-refractivity contribution is 5.63. The molecule has 0 N–H and O–H groups in total. The first-order valence-corrected chi connectivity index (χ1v) is 4.44. The fraction of sp³-hybridized carbons (Fsp3) is 0.0909. The molecule has 2 aromatic rings. The summed E-state index contributed by atoms with van der Waals surface area (Å²) < 4.78 is 25.3. The third kappa shape index (κ3) is 1.98. The summed E-state index contributed by atoms with van der Waals surface area (Å²) in [4.78, 5) is 0. The monoisotopic (exact) mass is 206 g/mol. The summed E-state index contributed by atoms with van der Waals surface area (Å²) in [5.74, 6) is 0. The molecule has 1 aromatic carbocycles. The summed E-state index contributed by atoms with van der Waals surface area (Å²) in [7, 11) is 0. The van der Waals surface area contributed by atoms with Crippen molar-refractivity contribution in [3.05, 3.63) is 48.2 Å². The maximum atomic E-state index is 12.7. The second-order valence-corrected chi connectivity index (χ2v) is 3.00. The maximum absolute atomic E-state index is 12.7. The fourth-order valence-corrected chi connectivity index (χ4v) is 1.37. The van der Waals surface area contributed by atoms with E-state index in [4.69, 9.17) is 0 Å². The summed E-state index contributed by atoms with van der Waals surface area (Å²) in [6.45, 7) is 0. The molecule has 0 amide bonds. The highest BCUT2D eigenvalue weighted by Crippen LogP contribution is 2.29. The zero-order valence-electron chi connectivity index (χ0n) is 7.77. The van der Waals surface area contributed by atoms with Crippen LogP contribution in [0.25, 0.3) is 11.3 Å². The summed E-state index contributed by atoms with van der Waals surface area (Å²) in [6.07, 6.45) is -0.989. The van der Waals surface area contributed by atoms with Gasteiger partial charge in [0, 0.05) is 17.3 Å². The van der Waals surface area contributed by atoms with Gasteiger partial charge in [0.25, 0.3) is 6.43 Å². The lowest BCUT2D eigenvalue weighted by Gasteiger charge is -2.06. The van der Waals surface area contributed by atoms with Crippen LogP contribution in [0.15, 0.2) is 42.6 Å². The Morgan fingerprint density at radius 1 is 1.00 bits per heavy atom. The number of rotatable bonds is 2. The minimum Gasteiger partial charge on any atom is -0.205 e. The molecule has 0 saturated heterocycles. The SMILES string of the molecule is FC(F)c1ccccc1-c1cccnn1. The predicted octanol–water partition coefficient (Wildman–Crippen LogP) is 3.08. The Balaban J connectivity index is 2.53. The Hall–Kier alpha value is -1.84. The second kappa shape index (κ2) is 4.13. The fourth-order valence-electron chi connectivity index (χ4n) is 1.37. The zero-order chi connectivity index (χ0) is 10.7. The molecule has 76 valence electrons. The van der Waals surface area contributed by atoms with Crippen LogP contribution in [-0.4, -0.2) is 10.2 Å². The van der Waals surface area contributed by atoms with E-state index in [1.54, 1.807) is 30.3 Å². The van der Waals surface area contributed by atoms with Gasteiger partial charge in [-0.3, -0.25) is 0 Å². The molecule has 15 heavy (non-hydrogen) atoms. The van der Waals surface area contributed by atoms with E-state index in [0.29, 0.717) is 11.3 Å². The third-order valence-electron chi connectivity index (χ3n) is 2.04. The molecule has 0 aliphatic carbocycles. The highest BCUT2D eigenvalue weighted by Gasteiger charge is 2.13. The molecule has 0 atom stereocenters. The molecule has 4 heteroatoms. The first kappa shape index (κ1) is 9.71. The molecular formula is C11H8F2N2. The minimum atomic E-state index is -2.50. The van der Waals surface area contributed by atoms with Crippen LogP contribution in [0.2, 0.25) is 0 Å². The second-order valence-electron chi connectivity index (χ2n) is 3.00. The Kier molecular flexibility index (Phi) is 2.67. The van der Waals surface area contributed by atoms with Crippen molar-refractivity contribution in [1.29, 1.82) is 0 Å². The van der Waals surface area contributed by atoms with Crippen LogP contribution < -0.4 is 0 Å². The van der Waals surface area contributed by atoms with Crippen LogP contribution in [0.1, 0.15) is 12.0 Å². The number of hydrogen-bond acceptors (Lipinski definition) is 2. The van der Waals surface area contributed by atoms with Crippen molar-refractivity contribution < 1.29 is 8.78 Å². The van der Waals surface area contributed by atoms with Crippen molar-refractivity contribution in [3.8, 4) is 11.3 Å². The van der Waals surface area contributed by atoms with Gasteiger partial charge >= 0.3 is 0 Å². The third-order valence-corrected chi connectivity index (χ3v) is 2.04. The maximum Gasteiger partial charge on any atom is 0.264 e. The Morgan fingerprint density at radius 3 is 2.47 bits per heavy atom. The van der Waals surface area contributed by atoms with Gasteiger partial charge < -0.3 is 0 Å². The molecule has 0 unspecified atom stereocenters. The minimum absolute atomic E-state index is 0.0157. The quantitative estimate of drug-likeness (QED) is 0.754. The number of halogens is 2. The first-order chi connectivity index (χ1) is 7.29. The summed E-state index contributed by atoms with van der Waals surface area (Å²) >= 11 is 0. The van der Waals surface area contributed by atoms with E-state index in [-0.39, 0.29) is 5.56 Å². The van der Waals surface area contributed by atoms with Gasteiger partial charge in [0.2, 0.25) is 0 Å². The van der Waals surface area contributed by atoms with E-state index in [1.807, 2.05) is 0 Å². The predicted molar refractivity (Wildman–Crippen MR) is 52.4 cm³/mol. The van der Waals surface area contributed by atoms with Gasteiger partial charge in [0.05, 0.1) is 5.69 Å². The van der Waals surface area contributed by atoms with Gasteiger partial charge in [-0.05, 0) is 12.1 Å². The summed E-state index contributed by atoms with van der Waals surface area (Å²) in [6, 6.07) is 9.64. The van der Waals surface area contributed by atoms with Gasteiger partial charge in [0.15, 0.2) is 0 Å². The Bertz CT molecular complexity index is 443. The summed E-state index contributed by atoms with van der Waals surface area (Å²) in [5.41, 5.74) is 0.881. The number of aromatic nitrogens is 2. The van der Waals surface area contributed by atoms with Gasteiger partial charge in [-0.15, -0.1) is 0 Å². The van der Waals surface area contributed by atoms with Gasteiger partial charge in [-0.1, -0.05) is 24.3 Å². The molecule has 0 fully saturated rings. The number of hydrogen-bond donors (Lipinski definition) is 0. The van der Waals surface area contributed by atoms with Crippen molar-refractivity contribution in [2.75, 3.05) is 0 Å². The molecule has 0 bridgehead atoms. The van der Waals surface area contributed by atoms with Crippen molar-refractivity contribution in [3.63, 3.8) is 0 Å². The Labute approximate surface area is 85.6 Å². The molecular weight excluding hydrogens is 198 g/mol. The Morgan fingerprint density at radius 2 is 1.80 bits per heavy atom. The van der Waals surface area contributed by atoms with E-state index >= 15 is 0 Å². The number of nitrogens with zero attached hydrogens (tertiary/aromatic N) is 2. The van der Waals surface area contributed by atoms with Gasteiger partial charge in [-0.25, -0.2) is 8.78 Å². The summed E-state index contributed by atoms with van der Waals surface area (Å²) in [5, 5.41) is 7.48. The van der Waals surface area contributed by atoms with Crippen LogP contribution in [-0.2, 0) is 0 Å². The first-order valence-electron chi connectivity index (χ1n) is 4.44. The van der Waals surface area contributed by atoms with E-state index in [0.717, 1.165) is 0 Å². The van der Waals surface area contributed by atoms with Gasteiger partial charge in [0.1, 0.15) is 0 Å². The normalized spacial score (nSPS) is 10.6. The lowest BCUT2D eigenvalue weighted by Crippen LogP contribution is -1.92. The van der Waals surface area contributed by atoms with Crippen LogP contribution in [0.3, 0.4) is 0 Å². The van der Waals surface area contributed by atoms with E-state index in [9.17, 15) is 8.78 Å². The number of benzene rings is 1. The topological polar surface area (TPSA) is 25.8 Å². The lowest BCUT2D eigenvalue weighted by molar-refractivity contribution is 0.152. The van der Waals surface area contributed by atoms with E-state index in [1.165, 1.54) is 12.3 Å². The van der Waals surface area contributed by atoms with Gasteiger partial charge in [-0.2, -0.15) is 10.2 Å². The van der Waals surface area contributed by atoms with Crippen molar-refractivity contribution in [1.82, 2.24) is 10.2 Å². The smallest absolute Gasteiger partial charge is 0.205 e. The van der Waals surface area contributed by atoms with Crippen molar-refractivity contribution in [2.45, 2.75) is 6.43 Å². The average molecular weight is 206 g/mol. The zero-order valence-corrected chi connectivity index (χ0v) is 7.77. The van der Waals surface area contributed by atoms with Crippen LogP contribution in [0.5, 0.6) is 0 Å². The van der Waals surface area contributed by atoms with Crippen LogP contribution >= 0.6 is 0 Å². The lowest BCUT2D eigenvalue weighted by atomic mass is 10.0. The van der Waals surface area contributed by atoms with Crippen molar-refractivity contribution in [2.24, 2.45) is 0 Å². The van der Waals surface area contributed by atoms with E-state index < -0.39 is 6.43 Å². The standard InChI is InChI=1S/C11H8F2N2/c12-11(13)9-5-2-1-4-8(9)10-6-3-7-14-15-10/h1-7,11H. The van der Waals surface area contributed by atoms with Crippen LogP contribution in [0, 0.1) is 0 Å².